The number of anilines is 1. The van der Waals surface area contributed by atoms with E-state index >= 15 is 0 Å². The standard InChI is InChI=1S/C22H27N5O3/c1-14-19(16(3)30-24-14)13-25-12-18(11-23-25)26-20(28)22(4,5)27(21(26)29)15(2)17-9-7-6-8-10-17/h6-12,15,21,29H,13H2,1-5H3. The van der Waals surface area contributed by atoms with Crippen molar-refractivity contribution in [1.29, 1.82) is 0 Å². The highest BCUT2D eigenvalue weighted by Crippen LogP contribution is 2.39. The highest BCUT2D eigenvalue weighted by molar-refractivity contribution is 6.02. The van der Waals surface area contributed by atoms with Gasteiger partial charge in [0.2, 0.25) is 5.91 Å². The maximum Gasteiger partial charge on any atom is 0.250 e. The Morgan fingerprint density at radius 1 is 1.23 bits per heavy atom. The molecule has 2 atom stereocenters. The lowest BCUT2D eigenvalue weighted by Gasteiger charge is -2.36. The van der Waals surface area contributed by atoms with E-state index in [9.17, 15) is 9.90 Å². The average Bonchev–Trinajstić information content (AvgIpc) is 3.35. The van der Waals surface area contributed by atoms with Crippen LogP contribution >= 0.6 is 0 Å². The van der Waals surface area contributed by atoms with Crippen LogP contribution in [0.4, 0.5) is 5.69 Å². The second-order valence-corrected chi connectivity index (χ2v) is 8.27. The van der Waals surface area contributed by atoms with Crippen LogP contribution in [0.2, 0.25) is 0 Å². The number of rotatable bonds is 5. The molecule has 1 aliphatic rings. The molecule has 1 amide bonds. The van der Waals surface area contributed by atoms with Crippen LogP contribution in [0.3, 0.4) is 0 Å². The van der Waals surface area contributed by atoms with Crippen molar-refractivity contribution in [1.82, 2.24) is 19.8 Å². The van der Waals surface area contributed by atoms with Crippen molar-refractivity contribution in [3.8, 4) is 0 Å². The fourth-order valence-corrected chi connectivity index (χ4v) is 4.20. The summed E-state index contributed by atoms with van der Waals surface area (Å²) in [5.41, 5.74) is 2.48. The fourth-order valence-electron chi connectivity index (χ4n) is 4.20. The molecule has 8 nitrogen and oxygen atoms in total. The lowest BCUT2D eigenvalue weighted by molar-refractivity contribution is -0.124. The van der Waals surface area contributed by atoms with Crippen molar-refractivity contribution in [2.24, 2.45) is 0 Å². The molecule has 1 fully saturated rings. The van der Waals surface area contributed by atoms with Crippen LogP contribution < -0.4 is 4.90 Å². The molecule has 0 saturated carbocycles. The Kier molecular flexibility index (Phi) is 4.99. The number of aromatic nitrogens is 3. The smallest absolute Gasteiger partial charge is 0.250 e. The number of aryl methyl sites for hydroxylation is 2. The average molecular weight is 409 g/mol. The maximum atomic E-state index is 13.3. The lowest BCUT2D eigenvalue weighted by Crippen LogP contribution is -2.47. The Balaban J connectivity index is 1.62. The molecule has 3 heterocycles. The van der Waals surface area contributed by atoms with Gasteiger partial charge >= 0.3 is 0 Å². The summed E-state index contributed by atoms with van der Waals surface area (Å²) >= 11 is 0. The largest absolute Gasteiger partial charge is 0.361 e. The van der Waals surface area contributed by atoms with E-state index in [4.69, 9.17) is 4.52 Å². The normalized spacial score (nSPS) is 20.1. The Bertz CT molecular complexity index is 1040. The molecule has 3 aromatic rings. The second-order valence-electron chi connectivity index (χ2n) is 8.27. The Hall–Kier alpha value is -2.97. The number of carbonyl (C=O) groups is 1. The summed E-state index contributed by atoms with van der Waals surface area (Å²) in [6.07, 6.45) is 2.27. The maximum absolute atomic E-state index is 13.3. The Morgan fingerprint density at radius 2 is 1.93 bits per heavy atom. The monoisotopic (exact) mass is 409 g/mol. The molecule has 1 aliphatic heterocycles. The number of aliphatic hydroxyl groups is 1. The zero-order valence-electron chi connectivity index (χ0n) is 17.9. The van der Waals surface area contributed by atoms with Crippen molar-refractivity contribution >= 4 is 11.6 Å². The quantitative estimate of drug-likeness (QED) is 0.697. The summed E-state index contributed by atoms with van der Waals surface area (Å²) in [7, 11) is 0. The van der Waals surface area contributed by atoms with Crippen molar-refractivity contribution in [3.05, 3.63) is 65.3 Å². The van der Waals surface area contributed by atoms with E-state index in [0.29, 0.717) is 12.2 Å². The van der Waals surface area contributed by atoms with E-state index in [1.165, 1.54) is 4.90 Å². The first-order chi connectivity index (χ1) is 14.2. The molecule has 0 aliphatic carbocycles. The molecule has 0 spiro atoms. The van der Waals surface area contributed by atoms with E-state index in [1.807, 2.05) is 69.9 Å². The first-order valence-electron chi connectivity index (χ1n) is 10.0. The van der Waals surface area contributed by atoms with Gasteiger partial charge in [-0.2, -0.15) is 5.10 Å². The summed E-state index contributed by atoms with van der Waals surface area (Å²) < 4.78 is 6.94. The summed E-state index contributed by atoms with van der Waals surface area (Å²) in [6, 6.07) is 9.72. The van der Waals surface area contributed by atoms with E-state index < -0.39 is 11.9 Å². The Labute approximate surface area is 175 Å². The molecule has 1 N–H and O–H groups in total. The summed E-state index contributed by atoms with van der Waals surface area (Å²) in [4.78, 5) is 16.5. The summed E-state index contributed by atoms with van der Waals surface area (Å²) in [6.45, 7) is 9.90. The number of amides is 1. The Morgan fingerprint density at radius 3 is 2.57 bits per heavy atom. The van der Waals surface area contributed by atoms with E-state index in [2.05, 4.69) is 10.3 Å². The molecule has 30 heavy (non-hydrogen) atoms. The topological polar surface area (TPSA) is 87.6 Å². The van der Waals surface area contributed by atoms with E-state index in [0.717, 1.165) is 22.6 Å². The van der Waals surface area contributed by atoms with Crippen molar-refractivity contribution in [2.45, 2.75) is 59.1 Å². The minimum atomic E-state index is -1.10. The van der Waals surface area contributed by atoms with Crippen molar-refractivity contribution in [2.75, 3.05) is 4.90 Å². The minimum absolute atomic E-state index is 0.150. The van der Waals surface area contributed by atoms with Crippen LogP contribution in [-0.4, -0.2) is 42.7 Å². The number of hydrogen-bond acceptors (Lipinski definition) is 6. The van der Waals surface area contributed by atoms with Crippen LogP contribution in [0, 0.1) is 13.8 Å². The number of carbonyl (C=O) groups excluding carboxylic acids is 1. The first-order valence-corrected chi connectivity index (χ1v) is 10.0. The zero-order valence-corrected chi connectivity index (χ0v) is 17.9. The number of hydrogen-bond donors (Lipinski definition) is 1. The third kappa shape index (κ3) is 3.22. The molecule has 4 rings (SSSR count). The third-order valence-electron chi connectivity index (χ3n) is 5.97. The molecular weight excluding hydrogens is 382 g/mol. The van der Waals surface area contributed by atoms with Gasteiger partial charge in [0, 0.05) is 17.8 Å². The number of benzene rings is 1. The third-order valence-corrected chi connectivity index (χ3v) is 5.97. The highest BCUT2D eigenvalue weighted by Gasteiger charge is 2.54. The molecule has 1 aromatic carbocycles. The van der Waals surface area contributed by atoms with Gasteiger partial charge in [0.1, 0.15) is 5.76 Å². The van der Waals surface area contributed by atoms with E-state index in [-0.39, 0.29) is 11.9 Å². The van der Waals surface area contributed by atoms with Gasteiger partial charge in [-0.05, 0) is 40.2 Å². The molecule has 2 aromatic heterocycles. The minimum Gasteiger partial charge on any atom is -0.361 e. The van der Waals surface area contributed by atoms with Gasteiger partial charge in [0.25, 0.3) is 0 Å². The van der Waals surface area contributed by atoms with Crippen LogP contribution in [0.5, 0.6) is 0 Å². The lowest BCUT2D eigenvalue weighted by atomic mass is 9.98. The van der Waals surface area contributed by atoms with Gasteiger partial charge < -0.3 is 9.63 Å². The van der Waals surface area contributed by atoms with Gasteiger partial charge in [0.15, 0.2) is 6.35 Å². The number of nitrogens with zero attached hydrogens (tertiary/aromatic N) is 5. The molecular formula is C22H27N5O3. The van der Waals surface area contributed by atoms with Crippen LogP contribution in [0.1, 0.15) is 49.4 Å². The molecule has 1 saturated heterocycles. The summed E-state index contributed by atoms with van der Waals surface area (Å²) in [5.74, 6) is 0.570. The number of aliphatic hydroxyl groups excluding tert-OH is 1. The predicted molar refractivity (Wildman–Crippen MR) is 112 cm³/mol. The molecule has 0 radical (unpaired) electrons. The van der Waals surface area contributed by atoms with Crippen LogP contribution in [-0.2, 0) is 11.3 Å². The molecule has 158 valence electrons. The van der Waals surface area contributed by atoms with Gasteiger partial charge in [0.05, 0.1) is 29.7 Å². The summed E-state index contributed by atoms with van der Waals surface area (Å²) in [5, 5.41) is 19.5. The fraction of sp³-hybridized carbons (Fsp3) is 0.409. The van der Waals surface area contributed by atoms with Gasteiger partial charge in [-0.15, -0.1) is 0 Å². The predicted octanol–water partition coefficient (Wildman–Crippen LogP) is 3.00. The van der Waals surface area contributed by atoms with Crippen LogP contribution in [0.15, 0.2) is 47.2 Å². The van der Waals surface area contributed by atoms with Gasteiger partial charge in [-0.25, -0.2) is 4.90 Å². The molecule has 2 unspecified atom stereocenters. The highest BCUT2D eigenvalue weighted by atomic mass is 16.5. The van der Waals surface area contributed by atoms with Crippen molar-refractivity contribution < 1.29 is 14.4 Å². The zero-order chi connectivity index (χ0) is 21.6. The molecule has 8 heteroatoms. The molecule has 0 bridgehead atoms. The van der Waals surface area contributed by atoms with Crippen molar-refractivity contribution in [3.63, 3.8) is 0 Å². The SMILES string of the molecule is Cc1noc(C)c1Cn1cc(N2C(=O)C(C)(C)N(C(C)c3ccccc3)C2O)cn1. The van der Waals surface area contributed by atoms with E-state index in [1.54, 1.807) is 17.1 Å². The van der Waals surface area contributed by atoms with Gasteiger partial charge in [-0.3, -0.25) is 14.4 Å². The van der Waals surface area contributed by atoms with Crippen LogP contribution in [0.25, 0.3) is 0 Å². The second kappa shape index (κ2) is 7.37. The van der Waals surface area contributed by atoms with Gasteiger partial charge in [-0.1, -0.05) is 35.5 Å². The first kappa shape index (κ1) is 20.3.